The van der Waals surface area contributed by atoms with Crippen LogP contribution in [-0.4, -0.2) is 44.4 Å². The maximum atomic E-state index is 12.2. The molecule has 17 heavy (non-hydrogen) atoms. The van der Waals surface area contributed by atoms with Crippen molar-refractivity contribution in [3.63, 3.8) is 0 Å². The van der Waals surface area contributed by atoms with Gasteiger partial charge < -0.3 is 5.32 Å². The molecular formula is C11H17N3O2S. The predicted molar refractivity (Wildman–Crippen MR) is 65.0 cm³/mol. The Kier molecular flexibility index (Phi) is 3.76. The molecule has 5 nitrogen and oxygen atoms in total. The van der Waals surface area contributed by atoms with Gasteiger partial charge in [-0.1, -0.05) is 0 Å². The molecular weight excluding hydrogens is 238 g/mol. The van der Waals surface area contributed by atoms with Crippen molar-refractivity contribution in [2.45, 2.75) is 11.3 Å². The molecule has 0 amide bonds. The summed E-state index contributed by atoms with van der Waals surface area (Å²) >= 11 is 0. The van der Waals surface area contributed by atoms with Gasteiger partial charge in [0.15, 0.2) is 0 Å². The van der Waals surface area contributed by atoms with Gasteiger partial charge in [0.1, 0.15) is 0 Å². The first-order chi connectivity index (χ1) is 8.10. The lowest BCUT2D eigenvalue weighted by molar-refractivity contribution is 0.399. The van der Waals surface area contributed by atoms with Gasteiger partial charge in [-0.25, -0.2) is 12.7 Å². The number of hydrogen-bond acceptors (Lipinski definition) is 4. The van der Waals surface area contributed by atoms with E-state index >= 15 is 0 Å². The number of aromatic nitrogens is 1. The lowest BCUT2D eigenvalue weighted by atomic mass is 10.1. The highest BCUT2D eigenvalue weighted by Gasteiger charge is 2.25. The maximum Gasteiger partial charge on any atom is 0.242 e. The smallest absolute Gasteiger partial charge is 0.242 e. The van der Waals surface area contributed by atoms with Crippen molar-refractivity contribution in [2.24, 2.45) is 5.92 Å². The Morgan fingerprint density at radius 1 is 1.47 bits per heavy atom. The van der Waals surface area contributed by atoms with Crippen LogP contribution in [-0.2, 0) is 10.0 Å². The Balaban J connectivity index is 2.09. The second kappa shape index (κ2) is 5.12. The quantitative estimate of drug-likeness (QED) is 0.841. The van der Waals surface area contributed by atoms with Crippen molar-refractivity contribution >= 4 is 10.0 Å². The number of nitrogens with one attached hydrogen (secondary N) is 1. The van der Waals surface area contributed by atoms with Crippen molar-refractivity contribution < 1.29 is 8.42 Å². The third kappa shape index (κ3) is 2.83. The van der Waals surface area contributed by atoms with Gasteiger partial charge in [-0.15, -0.1) is 0 Å². The SMILES string of the molecule is CN(CC1CCNC1)S(=O)(=O)c1ccncc1. The zero-order valence-electron chi connectivity index (χ0n) is 9.83. The Bertz CT molecular complexity index is 455. The summed E-state index contributed by atoms with van der Waals surface area (Å²) in [6.45, 7) is 2.45. The molecule has 1 fully saturated rings. The average Bonchev–Trinajstić information content (AvgIpc) is 2.83. The molecule has 2 rings (SSSR count). The molecule has 2 heterocycles. The molecule has 1 saturated heterocycles. The topological polar surface area (TPSA) is 62.3 Å². The van der Waals surface area contributed by atoms with E-state index in [-0.39, 0.29) is 0 Å². The molecule has 0 saturated carbocycles. The fourth-order valence-corrected chi connectivity index (χ4v) is 3.25. The number of hydrogen-bond donors (Lipinski definition) is 1. The van der Waals surface area contributed by atoms with E-state index in [2.05, 4.69) is 10.3 Å². The van der Waals surface area contributed by atoms with E-state index in [1.54, 1.807) is 7.05 Å². The maximum absolute atomic E-state index is 12.2. The molecule has 94 valence electrons. The van der Waals surface area contributed by atoms with Crippen LogP contribution >= 0.6 is 0 Å². The summed E-state index contributed by atoms with van der Waals surface area (Å²) in [5.41, 5.74) is 0. The zero-order chi connectivity index (χ0) is 12.3. The van der Waals surface area contributed by atoms with Crippen LogP contribution in [0.3, 0.4) is 0 Å². The van der Waals surface area contributed by atoms with Crippen LogP contribution in [0.2, 0.25) is 0 Å². The van der Waals surface area contributed by atoms with Gasteiger partial charge in [0.25, 0.3) is 0 Å². The van der Waals surface area contributed by atoms with Crippen LogP contribution in [0, 0.1) is 5.92 Å². The van der Waals surface area contributed by atoms with Crippen LogP contribution in [0.1, 0.15) is 6.42 Å². The summed E-state index contributed by atoms with van der Waals surface area (Å²) in [5.74, 6) is 0.414. The Morgan fingerprint density at radius 3 is 2.76 bits per heavy atom. The molecule has 0 aromatic carbocycles. The highest BCUT2D eigenvalue weighted by atomic mass is 32.2. The Morgan fingerprint density at radius 2 is 2.18 bits per heavy atom. The second-order valence-corrected chi connectivity index (χ2v) is 6.37. The zero-order valence-corrected chi connectivity index (χ0v) is 10.7. The highest BCUT2D eigenvalue weighted by Crippen LogP contribution is 2.16. The van der Waals surface area contributed by atoms with E-state index in [1.165, 1.54) is 28.8 Å². The Hall–Kier alpha value is -0.980. The fraction of sp³-hybridized carbons (Fsp3) is 0.545. The number of pyridine rings is 1. The van der Waals surface area contributed by atoms with Gasteiger partial charge in [0.2, 0.25) is 10.0 Å². The first-order valence-corrected chi connectivity index (χ1v) is 7.12. The summed E-state index contributed by atoms with van der Waals surface area (Å²) in [7, 11) is -1.73. The minimum absolute atomic E-state index is 0.306. The lowest BCUT2D eigenvalue weighted by Gasteiger charge is -2.20. The van der Waals surface area contributed by atoms with Gasteiger partial charge in [-0.05, 0) is 37.6 Å². The third-order valence-corrected chi connectivity index (χ3v) is 4.87. The van der Waals surface area contributed by atoms with Gasteiger partial charge in [0, 0.05) is 26.0 Å². The van der Waals surface area contributed by atoms with E-state index in [9.17, 15) is 8.42 Å². The minimum Gasteiger partial charge on any atom is -0.316 e. The third-order valence-electron chi connectivity index (χ3n) is 3.04. The number of rotatable bonds is 4. The van der Waals surface area contributed by atoms with Crippen molar-refractivity contribution in [3.8, 4) is 0 Å². The van der Waals surface area contributed by atoms with Crippen LogP contribution < -0.4 is 5.32 Å². The molecule has 1 aliphatic rings. The second-order valence-electron chi connectivity index (χ2n) is 4.33. The fourth-order valence-electron chi connectivity index (χ4n) is 2.02. The van der Waals surface area contributed by atoms with Gasteiger partial charge in [-0.2, -0.15) is 0 Å². The van der Waals surface area contributed by atoms with Crippen LogP contribution in [0.25, 0.3) is 0 Å². The molecule has 1 aromatic heterocycles. The average molecular weight is 255 g/mol. The normalized spacial score (nSPS) is 20.9. The monoisotopic (exact) mass is 255 g/mol. The number of sulfonamides is 1. The van der Waals surface area contributed by atoms with Crippen LogP contribution in [0.15, 0.2) is 29.4 Å². The molecule has 1 N–H and O–H groups in total. The van der Waals surface area contributed by atoms with E-state index in [4.69, 9.17) is 0 Å². The van der Waals surface area contributed by atoms with Gasteiger partial charge in [-0.3, -0.25) is 4.98 Å². The van der Waals surface area contributed by atoms with Crippen LogP contribution in [0.5, 0.6) is 0 Å². The molecule has 0 radical (unpaired) electrons. The minimum atomic E-state index is -3.36. The largest absolute Gasteiger partial charge is 0.316 e. The summed E-state index contributed by atoms with van der Waals surface area (Å²) in [6, 6.07) is 3.05. The summed E-state index contributed by atoms with van der Waals surface area (Å²) in [4.78, 5) is 4.13. The molecule has 0 aliphatic carbocycles. The molecule has 1 aliphatic heterocycles. The summed E-state index contributed by atoms with van der Waals surface area (Å²) in [6.07, 6.45) is 4.03. The molecule has 6 heteroatoms. The predicted octanol–water partition coefficient (Wildman–Crippen LogP) is 0.312. The first-order valence-electron chi connectivity index (χ1n) is 5.68. The van der Waals surface area contributed by atoms with Crippen molar-refractivity contribution in [1.82, 2.24) is 14.6 Å². The van der Waals surface area contributed by atoms with E-state index in [0.29, 0.717) is 17.4 Å². The summed E-state index contributed by atoms with van der Waals surface area (Å²) < 4.78 is 25.8. The standard InChI is InChI=1S/C11H17N3O2S/c1-14(9-10-2-5-13-8-10)17(15,16)11-3-6-12-7-4-11/h3-4,6-7,10,13H,2,5,8-9H2,1H3. The highest BCUT2D eigenvalue weighted by molar-refractivity contribution is 7.89. The number of nitrogens with zero attached hydrogens (tertiary/aromatic N) is 2. The molecule has 1 atom stereocenters. The molecule has 0 bridgehead atoms. The Labute approximate surface area is 102 Å². The van der Waals surface area contributed by atoms with Crippen molar-refractivity contribution in [1.29, 1.82) is 0 Å². The van der Waals surface area contributed by atoms with E-state index < -0.39 is 10.0 Å². The van der Waals surface area contributed by atoms with Crippen molar-refractivity contribution in [2.75, 3.05) is 26.7 Å². The lowest BCUT2D eigenvalue weighted by Crippen LogP contribution is -2.32. The van der Waals surface area contributed by atoms with Crippen molar-refractivity contribution in [3.05, 3.63) is 24.5 Å². The van der Waals surface area contributed by atoms with Crippen LogP contribution in [0.4, 0.5) is 0 Å². The van der Waals surface area contributed by atoms with Gasteiger partial charge in [0.05, 0.1) is 4.90 Å². The van der Waals surface area contributed by atoms with Gasteiger partial charge >= 0.3 is 0 Å². The van der Waals surface area contributed by atoms with E-state index in [0.717, 1.165) is 19.5 Å². The first kappa shape index (κ1) is 12.5. The van der Waals surface area contributed by atoms with E-state index in [1.807, 2.05) is 0 Å². The molecule has 1 aromatic rings. The summed E-state index contributed by atoms with van der Waals surface area (Å²) in [5, 5.41) is 3.24. The molecule has 0 spiro atoms. The molecule has 1 unspecified atom stereocenters.